The molecule has 1 N–H and O–H groups in total. The second kappa shape index (κ2) is 6.98. The van der Waals surface area contributed by atoms with Crippen molar-refractivity contribution in [2.75, 3.05) is 42.9 Å². The number of rotatable bonds is 4. The van der Waals surface area contributed by atoms with Crippen LogP contribution in [0.25, 0.3) is 10.1 Å². The van der Waals surface area contributed by atoms with Crippen LogP contribution in [0.4, 0.5) is 11.4 Å². The van der Waals surface area contributed by atoms with Gasteiger partial charge in [0.1, 0.15) is 0 Å². The van der Waals surface area contributed by atoms with Crippen LogP contribution >= 0.6 is 11.3 Å². The molecule has 0 atom stereocenters. The van der Waals surface area contributed by atoms with Gasteiger partial charge in [0.05, 0.1) is 6.42 Å². The number of anilines is 2. The van der Waals surface area contributed by atoms with E-state index in [0.29, 0.717) is 6.42 Å². The number of nitrogens with one attached hydrogen (secondary N) is 1. The number of thiophene rings is 1. The Morgan fingerprint density at radius 1 is 1.04 bits per heavy atom. The highest BCUT2D eigenvalue weighted by Gasteiger charge is 2.20. The molecule has 4 nitrogen and oxygen atoms in total. The van der Waals surface area contributed by atoms with Crippen molar-refractivity contribution in [3.05, 3.63) is 59.0 Å². The topological polar surface area (TPSA) is 35.6 Å². The molecule has 2 aliphatic rings. The fourth-order valence-electron chi connectivity index (χ4n) is 4.19. The van der Waals surface area contributed by atoms with Crippen LogP contribution in [0, 0.1) is 0 Å². The first-order valence-corrected chi connectivity index (χ1v) is 10.5. The van der Waals surface area contributed by atoms with Gasteiger partial charge < -0.3 is 10.2 Å². The Kier molecular flexibility index (Phi) is 4.34. The average molecular weight is 378 g/mol. The van der Waals surface area contributed by atoms with E-state index in [0.717, 1.165) is 50.4 Å². The van der Waals surface area contributed by atoms with Gasteiger partial charge in [-0.15, -0.1) is 11.3 Å². The lowest BCUT2D eigenvalue weighted by molar-refractivity contribution is -0.115. The number of amides is 1. The van der Waals surface area contributed by atoms with Crippen molar-refractivity contribution >= 4 is 38.7 Å². The highest BCUT2D eigenvalue weighted by molar-refractivity contribution is 7.17. The van der Waals surface area contributed by atoms with Crippen LogP contribution < -0.4 is 10.2 Å². The third kappa shape index (κ3) is 3.33. The van der Waals surface area contributed by atoms with E-state index in [1.54, 1.807) is 0 Å². The molecule has 1 aromatic heterocycles. The van der Waals surface area contributed by atoms with E-state index in [1.807, 2.05) is 11.3 Å². The molecule has 2 aliphatic heterocycles. The summed E-state index contributed by atoms with van der Waals surface area (Å²) in [7, 11) is 0. The fourth-order valence-corrected chi connectivity index (χ4v) is 5.00. The summed E-state index contributed by atoms with van der Waals surface area (Å²) in [6.45, 7) is 5.45. The normalized spacial score (nSPS) is 17.3. The van der Waals surface area contributed by atoms with E-state index in [1.165, 1.54) is 21.3 Å². The Hall–Kier alpha value is -2.37. The first kappa shape index (κ1) is 16.8. The van der Waals surface area contributed by atoms with E-state index < -0.39 is 0 Å². The van der Waals surface area contributed by atoms with E-state index >= 15 is 0 Å². The number of nitrogens with zero attached hydrogens (tertiary/aromatic N) is 2. The number of carbonyl (C=O) groups excluding carboxylic acids is 1. The maximum absolute atomic E-state index is 11.5. The van der Waals surface area contributed by atoms with Crippen LogP contribution in [0.3, 0.4) is 0 Å². The Labute approximate surface area is 163 Å². The van der Waals surface area contributed by atoms with Crippen LogP contribution in [0.5, 0.6) is 0 Å². The van der Waals surface area contributed by atoms with Crippen molar-refractivity contribution in [3.8, 4) is 0 Å². The molecule has 5 heteroatoms. The summed E-state index contributed by atoms with van der Waals surface area (Å²) in [5, 5.41) is 6.48. The molecule has 0 radical (unpaired) electrons. The van der Waals surface area contributed by atoms with Gasteiger partial charge in [-0.25, -0.2) is 0 Å². The molecular weight excluding hydrogens is 354 g/mol. The van der Waals surface area contributed by atoms with Gasteiger partial charge in [-0.1, -0.05) is 18.2 Å². The van der Waals surface area contributed by atoms with Crippen LogP contribution in [0.2, 0.25) is 0 Å². The molecule has 0 bridgehead atoms. The van der Waals surface area contributed by atoms with Crippen molar-refractivity contribution < 1.29 is 4.79 Å². The van der Waals surface area contributed by atoms with Gasteiger partial charge in [0.2, 0.25) is 5.91 Å². The number of piperazine rings is 1. The highest BCUT2D eigenvalue weighted by Crippen LogP contribution is 2.31. The standard InChI is InChI=1S/C22H23N3OS/c26-22-15-17-14-16(4-5-19(17)23-22)6-8-24-9-11-25(12-10-24)20-2-1-3-21-18(20)7-13-27-21/h1-5,7,13-14H,6,8-12,15H2,(H,23,26). The average Bonchev–Trinajstić information content (AvgIpc) is 3.31. The van der Waals surface area contributed by atoms with Crippen molar-refractivity contribution in [1.29, 1.82) is 0 Å². The quantitative estimate of drug-likeness (QED) is 0.752. The lowest BCUT2D eigenvalue weighted by Gasteiger charge is -2.36. The van der Waals surface area contributed by atoms with Gasteiger partial charge in [-0.2, -0.15) is 0 Å². The second-order valence-corrected chi connectivity index (χ2v) is 8.35. The molecule has 27 heavy (non-hydrogen) atoms. The van der Waals surface area contributed by atoms with Gasteiger partial charge >= 0.3 is 0 Å². The summed E-state index contributed by atoms with van der Waals surface area (Å²) in [5.41, 5.74) is 4.84. The maximum Gasteiger partial charge on any atom is 0.228 e. The van der Waals surface area contributed by atoms with Crippen molar-refractivity contribution in [3.63, 3.8) is 0 Å². The van der Waals surface area contributed by atoms with E-state index in [9.17, 15) is 4.79 Å². The SMILES string of the molecule is O=C1Cc2cc(CCN3CCN(c4cccc5sccc45)CC3)ccc2N1. The molecule has 3 aromatic rings. The molecule has 3 heterocycles. The fraction of sp³-hybridized carbons (Fsp3) is 0.318. The molecule has 1 fully saturated rings. The van der Waals surface area contributed by atoms with E-state index in [2.05, 4.69) is 63.0 Å². The predicted octanol–water partition coefficient (Wildman–Crippen LogP) is 3.76. The minimum absolute atomic E-state index is 0.110. The molecule has 1 saturated heterocycles. The Bertz CT molecular complexity index is 988. The lowest BCUT2D eigenvalue weighted by Crippen LogP contribution is -2.47. The van der Waals surface area contributed by atoms with Crippen LogP contribution in [0.1, 0.15) is 11.1 Å². The minimum Gasteiger partial charge on any atom is -0.368 e. The van der Waals surface area contributed by atoms with Crippen LogP contribution in [-0.2, 0) is 17.6 Å². The smallest absolute Gasteiger partial charge is 0.228 e. The first-order chi connectivity index (χ1) is 13.3. The largest absolute Gasteiger partial charge is 0.368 e. The molecule has 1 amide bonds. The molecule has 5 rings (SSSR count). The summed E-state index contributed by atoms with van der Waals surface area (Å²) in [6, 6.07) is 15.3. The van der Waals surface area contributed by atoms with Gasteiger partial charge in [0.25, 0.3) is 0 Å². The lowest BCUT2D eigenvalue weighted by atomic mass is 10.1. The van der Waals surface area contributed by atoms with Gasteiger partial charge in [-0.05, 0) is 47.2 Å². The molecule has 0 spiro atoms. The van der Waals surface area contributed by atoms with Crippen molar-refractivity contribution in [1.82, 2.24) is 4.90 Å². The maximum atomic E-state index is 11.5. The zero-order chi connectivity index (χ0) is 18.2. The Morgan fingerprint density at radius 2 is 1.93 bits per heavy atom. The Morgan fingerprint density at radius 3 is 2.81 bits per heavy atom. The molecule has 138 valence electrons. The molecule has 0 aliphatic carbocycles. The van der Waals surface area contributed by atoms with E-state index in [-0.39, 0.29) is 5.91 Å². The summed E-state index contributed by atoms with van der Waals surface area (Å²) in [5.74, 6) is 0.110. The summed E-state index contributed by atoms with van der Waals surface area (Å²) in [6.07, 6.45) is 1.57. The number of carbonyl (C=O) groups is 1. The molecule has 0 saturated carbocycles. The number of fused-ring (bicyclic) bond motifs is 2. The minimum atomic E-state index is 0.110. The molecule has 0 unspecified atom stereocenters. The first-order valence-electron chi connectivity index (χ1n) is 9.61. The molecule has 2 aromatic carbocycles. The van der Waals surface area contributed by atoms with Crippen molar-refractivity contribution in [2.45, 2.75) is 12.8 Å². The monoisotopic (exact) mass is 377 g/mol. The summed E-state index contributed by atoms with van der Waals surface area (Å²) in [4.78, 5) is 16.6. The second-order valence-electron chi connectivity index (χ2n) is 7.40. The zero-order valence-corrected chi connectivity index (χ0v) is 16.1. The summed E-state index contributed by atoms with van der Waals surface area (Å²) < 4.78 is 1.37. The Balaban J connectivity index is 1.19. The third-order valence-electron chi connectivity index (χ3n) is 5.70. The summed E-state index contributed by atoms with van der Waals surface area (Å²) >= 11 is 1.82. The van der Waals surface area contributed by atoms with Crippen LogP contribution in [-0.4, -0.2) is 43.5 Å². The highest BCUT2D eigenvalue weighted by atomic mass is 32.1. The van der Waals surface area contributed by atoms with E-state index in [4.69, 9.17) is 0 Å². The van der Waals surface area contributed by atoms with Gasteiger partial charge in [0, 0.05) is 54.2 Å². The van der Waals surface area contributed by atoms with Gasteiger partial charge in [0.15, 0.2) is 0 Å². The van der Waals surface area contributed by atoms with Gasteiger partial charge in [-0.3, -0.25) is 9.69 Å². The third-order valence-corrected chi connectivity index (χ3v) is 6.58. The zero-order valence-electron chi connectivity index (χ0n) is 15.3. The number of benzene rings is 2. The number of hydrogen-bond donors (Lipinski definition) is 1. The van der Waals surface area contributed by atoms with Crippen molar-refractivity contribution in [2.24, 2.45) is 0 Å². The predicted molar refractivity (Wildman–Crippen MR) is 113 cm³/mol. The molecular formula is C22H23N3OS. The number of hydrogen-bond acceptors (Lipinski definition) is 4. The van der Waals surface area contributed by atoms with Crippen LogP contribution in [0.15, 0.2) is 47.8 Å².